The maximum Gasteiger partial charge on any atom is 0.274 e. The Morgan fingerprint density at radius 3 is 2.37 bits per heavy atom. The average molecular weight is 623 g/mol. The lowest BCUT2D eigenvalue weighted by atomic mass is 10.0. The molecule has 0 unspecified atom stereocenters. The van der Waals surface area contributed by atoms with Crippen LogP contribution in [0.3, 0.4) is 0 Å². The highest BCUT2D eigenvalue weighted by Gasteiger charge is 2.48. The van der Waals surface area contributed by atoms with Crippen LogP contribution in [0.2, 0.25) is 0 Å². The summed E-state index contributed by atoms with van der Waals surface area (Å²) in [7, 11) is -3.87. The highest BCUT2D eigenvalue weighted by Crippen LogP contribution is 2.35. The molecule has 1 amide bonds. The smallest absolute Gasteiger partial charge is 0.274 e. The molecule has 226 valence electrons. The first kappa shape index (κ1) is 28.9. The lowest BCUT2D eigenvalue weighted by Gasteiger charge is -2.41. The molecule has 10 nitrogen and oxygen atoms in total. The number of halogens is 5. The molecule has 6 rings (SSSR count). The first-order chi connectivity index (χ1) is 20.4. The lowest BCUT2D eigenvalue weighted by Crippen LogP contribution is -2.59. The summed E-state index contributed by atoms with van der Waals surface area (Å²) in [6, 6.07) is 2.96. The van der Waals surface area contributed by atoms with Gasteiger partial charge in [0.25, 0.3) is 5.56 Å². The molecule has 1 fully saturated rings. The number of benzene rings is 2. The third-order valence-electron chi connectivity index (χ3n) is 7.78. The number of aromatic nitrogens is 4. The minimum Gasteiger partial charge on any atom is -0.335 e. The van der Waals surface area contributed by atoms with E-state index in [2.05, 4.69) is 10.1 Å². The Morgan fingerprint density at radius 1 is 1.02 bits per heavy atom. The third kappa shape index (κ3) is 4.68. The zero-order chi connectivity index (χ0) is 30.8. The number of imidazole rings is 1. The van der Waals surface area contributed by atoms with E-state index in [0.29, 0.717) is 20.8 Å². The fraction of sp³-hybridized carbons (Fsp3) is 0.333. The molecule has 0 radical (unpaired) electrons. The van der Waals surface area contributed by atoms with Gasteiger partial charge in [-0.25, -0.2) is 40.0 Å². The number of sulfonamides is 1. The number of carbonyl (C=O) groups is 1. The van der Waals surface area contributed by atoms with Crippen LogP contribution in [-0.4, -0.2) is 50.5 Å². The lowest BCUT2D eigenvalue weighted by molar-refractivity contribution is -0.125. The van der Waals surface area contributed by atoms with E-state index in [1.807, 2.05) is 4.57 Å². The number of hydrogen-bond acceptors (Lipinski definition) is 6. The minimum absolute atomic E-state index is 0.0840. The summed E-state index contributed by atoms with van der Waals surface area (Å²) >= 11 is 0. The van der Waals surface area contributed by atoms with Crippen LogP contribution in [0.4, 0.5) is 27.6 Å². The van der Waals surface area contributed by atoms with Gasteiger partial charge in [0.1, 0.15) is 11.9 Å². The van der Waals surface area contributed by atoms with Crippen molar-refractivity contribution in [2.45, 2.75) is 49.7 Å². The molecule has 0 saturated carbocycles. The van der Waals surface area contributed by atoms with E-state index in [-0.39, 0.29) is 24.2 Å². The Bertz CT molecular complexity index is 1930. The normalized spacial score (nSPS) is 17.1. The summed E-state index contributed by atoms with van der Waals surface area (Å²) in [4.78, 5) is 30.3. The van der Waals surface area contributed by atoms with E-state index in [9.17, 15) is 40.0 Å². The van der Waals surface area contributed by atoms with E-state index in [4.69, 9.17) is 0 Å². The molecule has 4 heterocycles. The highest BCUT2D eigenvalue weighted by atomic mass is 32.2. The Kier molecular flexibility index (Phi) is 7.07. The van der Waals surface area contributed by atoms with Crippen molar-refractivity contribution in [1.82, 2.24) is 23.6 Å². The Labute approximate surface area is 241 Å². The van der Waals surface area contributed by atoms with Crippen molar-refractivity contribution < 1.29 is 35.2 Å². The summed E-state index contributed by atoms with van der Waals surface area (Å²) in [5, 5.41) is 4.70. The number of hydrogen-bond donors (Lipinski definition) is 0. The molecule has 2 aromatic heterocycles. The number of fused-ring (bicyclic) bond motifs is 2. The van der Waals surface area contributed by atoms with Crippen LogP contribution in [-0.2, 0) is 41.4 Å². The van der Waals surface area contributed by atoms with Crippen LogP contribution >= 0.6 is 0 Å². The molecule has 0 aliphatic carbocycles. The third-order valence-corrected chi connectivity index (χ3v) is 9.71. The van der Waals surface area contributed by atoms with Gasteiger partial charge in [0.2, 0.25) is 21.7 Å². The Balaban J connectivity index is 1.40. The number of carbonyl (C=O) groups excluding carboxylic acids is 1. The quantitative estimate of drug-likeness (QED) is 0.186. The largest absolute Gasteiger partial charge is 0.335 e. The fourth-order valence-corrected chi connectivity index (χ4v) is 7.15. The second-order valence-electron chi connectivity index (χ2n) is 10.4. The van der Waals surface area contributed by atoms with E-state index in [1.54, 1.807) is 6.20 Å². The van der Waals surface area contributed by atoms with Crippen molar-refractivity contribution in [2.24, 2.45) is 7.05 Å². The zero-order valence-corrected chi connectivity index (χ0v) is 23.3. The molecular formula is C27H23F5N6O4S. The monoisotopic (exact) mass is 622 g/mol. The predicted molar refractivity (Wildman–Crippen MR) is 142 cm³/mol. The summed E-state index contributed by atoms with van der Waals surface area (Å²) in [5.74, 6) is -12.4. The molecule has 2 aromatic carbocycles. The molecule has 43 heavy (non-hydrogen) atoms. The standard InChI is InChI=1S/C27H23F5N6O4S/c1-35-26(39)17-6-5-16(10-14(17)11-33-35)37(13-15-12-36-8-3-2-4-19(36)34-15)27(40)18-7-9-38(18)43(41,42)25-23(31)21(29)20(28)22(30)24(25)32/h5-6,10-12,18H,2-4,7-9,13H2,1H3/t18-/m1/s1. The molecule has 2 aliphatic heterocycles. The van der Waals surface area contributed by atoms with Crippen LogP contribution in [0.1, 0.15) is 30.8 Å². The van der Waals surface area contributed by atoms with Crippen LogP contribution < -0.4 is 10.5 Å². The Hall–Kier alpha value is -4.18. The van der Waals surface area contributed by atoms with Crippen LogP contribution in [0.5, 0.6) is 0 Å². The van der Waals surface area contributed by atoms with Crippen LogP contribution in [0.15, 0.2) is 40.3 Å². The maximum atomic E-state index is 14.5. The number of amides is 1. The van der Waals surface area contributed by atoms with E-state index >= 15 is 0 Å². The minimum atomic E-state index is -5.34. The molecule has 0 bridgehead atoms. The number of anilines is 1. The molecule has 1 atom stereocenters. The molecule has 16 heteroatoms. The zero-order valence-electron chi connectivity index (χ0n) is 22.5. The number of nitrogens with zero attached hydrogens (tertiary/aromatic N) is 6. The van der Waals surface area contributed by atoms with Crippen molar-refractivity contribution in [3.63, 3.8) is 0 Å². The van der Waals surface area contributed by atoms with Crippen molar-refractivity contribution in [1.29, 1.82) is 0 Å². The first-order valence-electron chi connectivity index (χ1n) is 13.3. The predicted octanol–water partition coefficient (Wildman–Crippen LogP) is 3.16. The van der Waals surface area contributed by atoms with Gasteiger partial charge < -0.3 is 9.47 Å². The fourth-order valence-electron chi connectivity index (χ4n) is 5.41. The summed E-state index contributed by atoms with van der Waals surface area (Å²) < 4.78 is 100. The van der Waals surface area contributed by atoms with Crippen LogP contribution in [0.25, 0.3) is 10.8 Å². The second kappa shape index (κ2) is 10.5. The molecule has 2 aliphatic rings. The van der Waals surface area contributed by atoms with Gasteiger partial charge in [-0.2, -0.15) is 9.40 Å². The molecule has 0 spiro atoms. The van der Waals surface area contributed by atoms with Gasteiger partial charge in [-0.3, -0.25) is 9.59 Å². The van der Waals surface area contributed by atoms with E-state index in [1.165, 1.54) is 36.3 Å². The van der Waals surface area contributed by atoms with Gasteiger partial charge in [-0.1, -0.05) is 0 Å². The highest BCUT2D eigenvalue weighted by molar-refractivity contribution is 7.89. The second-order valence-corrected chi connectivity index (χ2v) is 12.2. The summed E-state index contributed by atoms with van der Waals surface area (Å²) in [6.07, 6.45) is 5.73. The number of rotatable bonds is 6. The van der Waals surface area contributed by atoms with Gasteiger partial charge in [0, 0.05) is 43.8 Å². The summed E-state index contributed by atoms with van der Waals surface area (Å²) in [6.45, 7) is 0.204. The van der Waals surface area contributed by atoms with Crippen molar-refractivity contribution in [3.05, 3.63) is 81.6 Å². The van der Waals surface area contributed by atoms with E-state index in [0.717, 1.165) is 36.3 Å². The molecule has 0 N–H and O–H groups in total. The maximum absolute atomic E-state index is 14.5. The Morgan fingerprint density at radius 2 is 1.72 bits per heavy atom. The van der Waals surface area contributed by atoms with Crippen LogP contribution in [0, 0.1) is 29.1 Å². The SMILES string of the molecule is Cn1ncc2cc(N(Cc3cn4c(n3)CCCC4)C(=O)[C@H]3CCN3S(=O)(=O)c3c(F)c(F)c(F)c(F)c3F)ccc2c1=O. The number of aryl methyl sites for hydroxylation is 3. The molecule has 4 aromatic rings. The molecule has 1 saturated heterocycles. The van der Waals surface area contributed by atoms with Crippen molar-refractivity contribution >= 4 is 32.4 Å². The first-order valence-corrected chi connectivity index (χ1v) is 14.7. The van der Waals surface area contributed by atoms with Crippen molar-refractivity contribution in [3.8, 4) is 0 Å². The van der Waals surface area contributed by atoms with Gasteiger partial charge in [0.15, 0.2) is 28.2 Å². The van der Waals surface area contributed by atoms with Gasteiger partial charge >= 0.3 is 0 Å². The molecular weight excluding hydrogens is 599 g/mol. The van der Waals surface area contributed by atoms with Crippen molar-refractivity contribution in [2.75, 3.05) is 11.4 Å². The van der Waals surface area contributed by atoms with Gasteiger partial charge in [-0.05, 0) is 37.5 Å². The van der Waals surface area contributed by atoms with Gasteiger partial charge in [-0.15, -0.1) is 0 Å². The topological polar surface area (TPSA) is 110 Å². The average Bonchev–Trinajstić information content (AvgIpc) is 3.37. The van der Waals surface area contributed by atoms with E-state index < -0.39 is 62.5 Å². The van der Waals surface area contributed by atoms with Gasteiger partial charge in [0.05, 0.1) is 23.8 Å². The summed E-state index contributed by atoms with van der Waals surface area (Å²) in [5.41, 5.74) is 0.350.